The number of aryl methyl sites for hydroxylation is 2. The molecular weight excluding hydrogens is 675 g/mol. The molecule has 1 aromatic heterocycles. The third-order valence-electron chi connectivity index (χ3n) is 5.52. The van der Waals surface area contributed by atoms with E-state index in [1.807, 2.05) is 13.0 Å². The zero-order valence-corrected chi connectivity index (χ0v) is 20.9. The third kappa shape index (κ3) is 5.71. The van der Waals surface area contributed by atoms with E-state index in [-0.39, 0.29) is 17.4 Å². The van der Waals surface area contributed by atoms with Crippen molar-refractivity contribution in [2.75, 3.05) is 26.2 Å². The van der Waals surface area contributed by atoms with Gasteiger partial charge in [-0.05, 0) is 48.7 Å². The molecule has 1 amide bonds. The quantitative estimate of drug-likeness (QED) is 0.352. The van der Waals surface area contributed by atoms with E-state index in [0.29, 0.717) is 48.6 Å². The van der Waals surface area contributed by atoms with Crippen molar-refractivity contribution in [1.82, 2.24) is 14.8 Å². The van der Waals surface area contributed by atoms with Crippen molar-refractivity contribution in [2.24, 2.45) is 0 Å². The number of piperazine rings is 1. The number of carboxylic acids is 1. The molecule has 1 N–H and O–H groups in total. The zero-order valence-electron chi connectivity index (χ0n) is 18.7. The minimum Gasteiger partial charge on any atom is -0.485 e. The van der Waals surface area contributed by atoms with Crippen LogP contribution in [0.2, 0.25) is 0 Å². The number of pyridine rings is 1. The summed E-state index contributed by atoms with van der Waals surface area (Å²) in [7, 11) is 0. The van der Waals surface area contributed by atoms with Gasteiger partial charge in [-0.25, -0.2) is 20.2 Å². The van der Waals surface area contributed by atoms with Crippen LogP contribution < -0.4 is 4.74 Å². The van der Waals surface area contributed by atoms with Crippen LogP contribution in [0.4, 0.5) is 4.39 Å². The molecule has 0 saturated carbocycles. The van der Waals surface area contributed by atoms with Gasteiger partial charge in [-0.1, -0.05) is 18.7 Å². The molecule has 3 rings (SSSR count). The van der Waals surface area contributed by atoms with Gasteiger partial charge in [0, 0.05) is 19.6 Å². The normalized spacial score (nSPS) is 15.5. The van der Waals surface area contributed by atoms with Gasteiger partial charge >= 0.3 is 5.97 Å². The van der Waals surface area contributed by atoms with Gasteiger partial charge in [0.15, 0.2) is 5.69 Å². The predicted molar refractivity (Wildman–Crippen MR) is 118 cm³/mol. The number of aromatic carboxylic acids is 1. The second kappa shape index (κ2) is 10.4. The van der Waals surface area contributed by atoms with E-state index < -0.39 is 12.1 Å². The van der Waals surface area contributed by atoms with Gasteiger partial charge in [-0.15, -0.1) is 6.54 Å². The molecule has 1 aromatic carbocycles. The van der Waals surface area contributed by atoms with Gasteiger partial charge in [0.1, 0.15) is 17.7 Å². The zero-order chi connectivity index (χ0) is 23.4. The second-order valence-corrected chi connectivity index (χ2v) is 7.92. The molecule has 185 valence electrons. The SMILES string of the molecule is C=CC(=O)N1CCN(C[C@H](Oc2cnc(C(=O)O)c(C)c2)c2ccc(C)c(F)c2)C[C-]1C.[Lr]. The predicted octanol–water partition coefficient (Wildman–Crippen LogP) is 3.54. The first-order valence-corrected chi connectivity index (χ1v) is 10.3. The smallest absolute Gasteiger partial charge is 0.354 e. The van der Waals surface area contributed by atoms with Crippen molar-refractivity contribution >= 4 is 11.9 Å². The van der Waals surface area contributed by atoms with Crippen LogP contribution in [0.15, 0.2) is 43.1 Å². The maximum atomic E-state index is 14.3. The Labute approximate surface area is 187 Å². The van der Waals surface area contributed by atoms with Crippen LogP contribution in [0, 0.1) is 25.7 Å². The summed E-state index contributed by atoms with van der Waals surface area (Å²) in [4.78, 5) is 31.1. The molecule has 0 spiro atoms. The Kier molecular flexibility index (Phi) is 7.86. The average Bonchev–Trinajstić information content (AvgIpc) is 2.74. The van der Waals surface area contributed by atoms with Crippen molar-refractivity contribution in [3.63, 3.8) is 0 Å². The van der Waals surface area contributed by atoms with Crippen molar-refractivity contribution < 1.29 is 23.8 Å². The number of aromatic nitrogens is 1. The van der Waals surface area contributed by atoms with Gasteiger partial charge < -0.3 is 19.6 Å². The Morgan fingerprint density at radius 3 is 2.61 bits per heavy atom. The first-order chi connectivity index (χ1) is 15.2. The Balaban J connectivity index is 0.00000385. The minimum absolute atomic E-state index is 0. The number of carboxylic acid groups (broad SMARTS) is 1. The molecule has 9 heteroatoms. The Morgan fingerprint density at radius 2 is 2.03 bits per heavy atom. The summed E-state index contributed by atoms with van der Waals surface area (Å²) in [5.41, 5.74) is 1.64. The van der Waals surface area contributed by atoms with E-state index in [0.717, 1.165) is 6.04 Å². The number of amides is 1. The molecule has 1 radical (unpaired) electrons. The Bertz CT molecular complexity index is 1030. The molecule has 0 unspecified atom stereocenters. The van der Waals surface area contributed by atoms with Crippen molar-refractivity contribution in [2.45, 2.75) is 26.9 Å². The van der Waals surface area contributed by atoms with Gasteiger partial charge in [0.25, 0.3) is 0 Å². The number of hydrogen-bond acceptors (Lipinski definition) is 5. The molecule has 7 nitrogen and oxygen atoms in total. The van der Waals surface area contributed by atoms with Gasteiger partial charge in [0.05, 0.1) is 6.20 Å². The van der Waals surface area contributed by atoms with Gasteiger partial charge in [-0.2, -0.15) is 6.92 Å². The number of hydrogen-bond donors (Lipinski definition) is 1. The molecule has 1 fully saturated rings. The second-order valence-electron chi connectivity index (χ2n) is 7.92. The molecular formula is C24H27FLrN3O4-. The summed E-state index contributed by atoms with van der Waals surface area (Å²) in [5.74, 6) is -1.16. The number of halogens is 1. The molecule has 1 aliphatic rings. The van der Waals surface area contributed by atoms with Crippen molar-refractivity contribution in [3.8, 4) is 5.75 Å². The third-order valence-corrected chi connectivity index (χ3v) is 5.52. The molecule has 1 aliphatic heterocycles. The Morgan fingerprint density at radius 1 is 1.30 bits per heavy atom. The number of carbonyl (C=O) groups excluding carboxylic acids is 1. The molecule has 0 bridgehead atoms. The monoisotopic (exact) mass is 702 g/mol. The van der Waals surface area contributed by atoms with E-state index in [9.17, 15) is 19.1 Å². The molecule has 1 saturated heterocycles. The number of nitrogens with zero attached hydrogens (tertiary/aromatic N) is 3. The standard InChI is InChI=1S/C24H27FN3O4.Lr/c1-5-22(29)28-9-8-27(13-17(28)4)14-21(18-7-6-15(2)20(25)11-18)32-19-10-16(3)23(24(30)31)26-12-19;/h5-7,10-12,21H,1,8-9,13-14H2,2-4H3,(H,30,31);/q-1;/t21-;/m0./s1. The first kappa shape index (κ1) is 25.0. The van der Waals surface area contributed by atoms with Crippen LogP contribution in [0.25, 0.3) is 0 Å². The van der Waals surface area contributed by atoms with Crippen LogP contribution in [-0.4, -0.2) is 57.9 Å². The van der Waals surface area contributed by atoms with E-state index >= 15 is 0 Å². The number of carbonyl (C=O) groups is 2. The van der Waals surface area contributed by atoms with E-state index in [1.54, 1.807) is 30.9 Å². The van der Waals surface area contributed by atoms with Crippen LogP contribution in [0.5, 0.6) is 5.75 Å². The molecule has 33 heavy (non-hydrogen) atoms. The molecule has 0 aliphatic carbocycles. The summed E-state index contributed by atoms with van der Waals surface area (Å²) >= 11 is 0. The molecule has 2 heterocycles. The van der Waals surface area contributed by atoms with Crippen LogP contribution in [-0.2, 0) is 4.79 Å². The number of ether oxygens (including phenoxy) is 1. The fourth-order valence-electron chi connectivity index (χ4n) is 3.74. The van der Waals surface area contributed by atoms with Crippen molar-refractivity contribution in [3.05, 3.63) is 77.4 Å². The number of rotatable bonds is 7. The maximum absolute atomic E-state index is 14.3. The first-order valence-electron chi connectivity index (χ1n) is 10.3. The van der Waals surface area contributed by atoms with E-state index in [2.05, 4.69) is 16.5 Å². The summed E-state index contributed by atoms with van der Waals surface area (Å²) in [5, 5.41) is 9.20. The van der Waals surface area contributed by atoms with Crippen LogP contribution >= 0.6 is 0 Å². The van der Waals surface area contributed by atoms with Crippen LogP contribution in [0.1, 0.15) is 40.2 Å². The largest absolute Gasteiger partial charge is 0.485 e. The molecule has 2 aromatic rings. The fraction of sp³-hybridized carbons (Fsp3) is 0.333. The maximum Gasteiger partial charge on any atom is 0.354 e. The van der Waals surface area contributed by atoms with Gasteiger partial charge in [0.2, 0.25) is 5.91 Å². The molecule has 1 atom stereocenters. The average molecular weight is 702 g/mol. The van der Waals surface area contributed by atoms with Crippen molar-refractivity contribution in [1.29, 1.82) is 0 Å². The summed E-state index contributed by atoms with van der Waals surface area (Å²) in [6.45, 7) is 11.0. The topological polar surface area (TPSA) is 83.0 Å². The summed E-state index contributed by atoms with van der Waals surface area (Å²) in [6.07, 6.45) is 2.15. The minimum atomic E-state index is -1.11. The summed E-state index contributed by atoms with van der Waals surface area (Å²) in [6, 6.07) is 7.50. The summed E-state index contributed by atoms with van der Waals surface area (Å²) < 4.78 is 20.5. The van der Waals surface area contributed by atoms with Crippen LogP contribution in [0.3, 0.4) is 0 Å². The van der Waals surface area contributed by atoms with E-state index in [1.165, 1.54) is 18.3 Å². The Hall–Kier alpha value is -4.26. The van der Waals surface area contributed by atoms with Gasteiger partial charge in [-0.3, -0.25) is 4.79 Å². The fourth-order valence-corrected chi connectivity index (χ4v) is 3.74. The number of benzene rings is 1. The van der Waals surface area contributed by atoms with E-state index in [4.69, 9.17) is 4.74 Å².